The van der Waals surface area contributed by atoms with Gasteiger partial charge < -0.3 is 15.5 Å². The molecule has 0 unspecified atom stereocenters. The number of aromatic nitrogens is 1. The standard InChI is InChI=1S/C15H18N4O2/c1-21-14-5-3-2-4-11(14)8-9-17-15(20)13-7-6-12(19-16)10-18-13/h2-7,10,19H,8-9,16H2,1H3,(H,17,20). The molecule has 1 aromatic heterocycles. The molecule has 6 heteroatoms. The number of hydrazine groups is 1. The summed E-state index contributed by atoms with van der Waals surface area (Å²) in [4.78, 5) is 16.0. The number of benzene rings is 1. The average molecular weight is 286 g/mol. The van der Waals surface area contributed by atoms with Crippen molar-refractivity contribution in [3.05, 3.63) is 53.9 Å². The molecule has 2 aromatic rings. The van der Waals surface area contributed by atoms with Crippen molar-refractivity contribution in [1.82, 2.24) is 10.3 Å². The van der Waals surface area contributed by atoms with Gasteiger partial charge in [-0.15, -0.1) is 0 Å². The number of rotatable bonds is 6. The van der Waals surface area contributed by atoms with Gasteiger partial charge in [0, 0.05) is 6.54 Å². The third kappa shape index (κ3) is 3.93. The van der Waals surface area contributed by atoms with Gasteiger partial charge >= 0.3 is 0 Å². The number of carbonyl (C=O) groups is 1. The summed E-state index contributed by atoms with van der Waals surface area (Å²) in [5, 5.41) is 2.83. The molecule has 0 saturated heterocycles. The molecule has 0 aliphatic carbocycles. The van der Waals surface area contributed by atoms with Crippen LogP contribution in [-0.2, 0) is 6.42 Å². The number of para-hydroxylation sites is 1. The molecule has 110 valence electrons. The largest absolute Gasteiger partial charge is 0.496 e. The zero-order chi connectivity index (χ0) is 15.1. The van der Waals surface area contributed by atoms with Crippen LogP contribution in [0.4, 0.5) is 5.69 Å². The quantitative estimate of drug-likeness (QED) is 0.551. The topological polar surface area (TPSA) is 89.3 Å². The summed E-state index contributed by atoms with van der Waals surface area (Å²) >= 11 is 0. The van der Waals surface area contributed by atoms with Crippen LogP contribution in [-0.4, -0.2) is 24.5 Å². The number of hydrogen-bond acceptors (Lipinski definition) is 5. The number of carbonyl (C=O) groups excluding carboxylic acids is 1. The first kappa shape index (κ1) is 14.8. The van der Waals surface area contributed by atoms with E-state index in [4.69, 9.17) is 10.6 Å². The van der Waals surface area contributed by atoms with Crippen LogP contribution >= 0.6 is 0 Å². The fraction of sp³-hybridized carbons (Fsp3) is 0.200. The highest BCUT2D eigenvalue weighted by molar-refractivity contribution is 5.92. The van der Waals surface area contributed by atoms with E-state index in [-0.39, 0.29) is 5.91 Å². The second-order valence-corrected chi connectivity index (χ2v) is 4.39. The van der Waals surface area contributed by atoms with Gasteiger partial charge in [0.05, 0.1) is 19.0 Å². The Morgan fingerprint density at radius 1 is 1.29 bits per heavy atom. The lowest BCUT2D eigenvalue weighted by Crippen LogP contribution is -2.26. The van der Waals surface area contributed by atoms with Crippen molar-refractivity contribution < 1.29 is 9.53 Å². The van der Waals surface area contributed by atoms with E-state index in [0.717, 1.165) is 11.3 Å². The lowest BCUT2D eigenvalue weighted by Gasteiger charge is -2.09. The van der Waals surface area contributed by atoms with Gasteiger partial charge in [-0.25, -0.2) is 4.98 Å². The number of anilines is 1. The van der Waals surface area contributed by atoms with Gasteiger partial charge in [-0.05, 0) is 30.2 Å². The van der Waals surface area contributed by atoms with Crippen molar-refractivity contribution in [2.45, 2.75) is 6.42 Å². The molecular weight excluding hydrogens is 268 g/mol. The fourth-order valence-electron chi connectivity index (χ4n) is 1.92. The minimum Gasteiger partial charge on any atom is -0.496 e. The Labute approximate surface area is 123 Å². The van der Waals surface area contributed by atoms with Crippen molar-refractivity contribution in [1.29, 1.82) is 0 Å². The summed E-state index contributed by atoms with van der Waals surface area (Å²) < 4.78 is 5.27. The average Bonchev–Trinajstić information content (AvgIpc) is 2.55. The fourth-order valence-corrected chi connectivity index (χ4v) is 1.92. The van der Waals surface area contributed by atoms with Gasteiger partial charge in [0.15, 0.2) is 0 Å². The number of pyridine rings is 1. The van der Waals surface area contributed by atoms with Crippen LogP contribution in [0.5, 0.6) is 5.75 Å². The van der Waals surface area contributed by atoms with Crippen LogP contribution in [0.3, 0.4) is 0 Å². The maximum Gasteiger partial charge on any atom is 0.269 e. The summed E-state index contributed by atoms with van der Waals surface area (Å²) in [5.41, 5.74) is 4.52. The first-order chi connectivity index (χ1) is 10.2. The summed E-state index contributed by atoms with van der Waals surface area (Å²) in [6, 6.07) is 11.1. The van der Waals surface area contributed by atoms with Crippen molar-refractivity contribution in [2.24, 2.45) is 5.84 Å². The van der Waals surface area contributed by atoms with Crippen LogP contribution in [0.25, 0.3) is 0 Å². The lowest BCUT2D eigenvalue weighted by molar-refractivity contribution is 0.0949. The first-order valence-corrected chi connectivity index (χ1v) is 6.57. The second-order valence-electron chi connectivity index (χ2n) is 4.39. The van der Waals surface area contributed by atoms with Crippen molar-refractivity contribution in [3.63, 3.8) is 0 Å². The molecule has 0 radical (unpaired) electrons. The number of hydrogen-bond donors (Lipinski definition) is 3. The smallest absolute Gasteiger partial charge is 0.269 e. The van der Waals surface area contributed by atoms with Crippen LogP contribution in [0.2, 0.25) is 0 Å². The van der Waals surface area contributed by atoms with Gasteiger partial charge in [-0.3, -0.25) is 10.6 Å². The minimum atomic E-state index is -0.214. The molecular formula is C15H18N4O2. The summed E-state index contributed by atoms with van der Waals surface area (Å²) in [7, 11) is 1.63. The molecule has 2 rings (SSSR count). The van der Waals surface area contributed by atoms with Crippen LogP contribution in [0.15, 0.2) is 42.6 Å². The van der Waals surface area contributed by atoms with E-state index in [9.17, 15) is 4.79 Å². The van der Waals surface area contributed by atoms with E-state index in [1.807, 2.05) is 24.3 Å². The predicted molar refractivity (Wildman–Crippen MR) is 81.1 cm³/mol. The molecule has 0 atom stereocenters. The predicted octanol–water partition coefficient (Wildman–Crippen LogP) is 1.35. The van der Waals surface area contributed by atoms with Crippen molar-refractivity contribution in [3.8, 4) is 5.75 Å². The highest BCUT2D eigenvalue weighted by Gasteiger charge is 2.07. The van der Waals surface area contributed by atoms with E-state index in [1.165, 1.54) is 6.20 Å². The zero-order valence-electron chi connectivity index (χ0n) is 11.8. The molecule has 1 amide bonds. The van der Waals surface area contributed by atoms with Crippen LogP contribution in [0.1, 0.15) is 16.1 Å². The van der Waals surface area contributed by atoms with E-state index < -0.39 is 0 Å². The molecule has 0 aliphatic heterocycles. The Morgan fingerprint density at radius 3 is 2.76 bits per heavy atom. The van der Waals surface area contributed by atoms with E-state index >= 15 is 0 Å². The molecule has 0 fully saturated rings. The lowest BCUT2D eigenvalue weighted by atomic mass is 10.1. The van der Waals surface area contributed by atoms with Gasteiger partial charge in [0.2, 0.25) is 0 Å². The van der Waals surface area contributed by atoms with Gasteiger partial charge in [0.25, 0.3) is 5.91 Å². The minimum absolute atomic E-state index is 0.214. The van der Waals surface area contributed by atoms with Gasteiger partial charge in [-0.2, -0.15) is 0 Å². The molecule has 0 aliphatic rings. The third-order valence-corrected chi connectivity index (χ3v) is 3.04. The van der Waals surface area contributed by atoms with Gasteiger partial charge in [0.1, 0.15) is 11.4 Å². The van der Waals surface area contributed by atoms with Crippen LogP contribution in [0, 0.1) is 0 Å². The number of amides is 1. The molecule has 4 N–H and O–H groups in total. The third-order valence-electron chi connectivity index (χ3n) is 3.04. The SMILES string of the molecule is COc1ccccc1CCNC(=O)c1ccc(NN)cn1. The molecule has 21 heavy (non-hydrogen) atoms. The number of nitrogen functional groups attached to an aromatic ring is 1. The van der Waals surface area contributed by atoms with E-state index in [2.05, 4.69) is 15.7 Å². The molecule has 0 bridgehead atoms. The molecule has 6 nitrogen and oxygen atoms in total. The van der Waals surface area contributed by atoms with Crippen molar-refractivity contribution in [2.75, 3.05) is 19.1 Å². The maximum absolute atomic E-state index is 11.9. The summed E-state index contributed by atoms with van der Waals surface area (Å²) in [6.07, 6.45) is 2.20. The highest BCUT2D eigenvalue weighted by Crippen LogP contribution is 2.17. The zero-order valence-corrected chi connectivity index (χ0v) is 11.8. The number of nitrogens with zero attached hydrogens (tertiary/aromatic N) is 1. The van der Waals surface area contributed by atoms with Crippen molar-refractivity contribution >= 4 is 11.6 Å². The Balaban J connectivity index is 1.89. The second kappa shape index (κ2) is 7.25. The Bertz CT molecular complexity index is 599. The summed E-state index contributed by atoms with van der Waals surface area (Å²) in [5.74, 6) is 5.85. The van der Waals surface area contributed by atoms with Crippen LogP contribution < -0.4 is 21.3 Å². The monoisotopic (exact) mass is 286 g/mol. The number of ether oxygens (including phenoxy) is 1. The first-order valence-electron chi connectivity index (χ1n) is 6.57. The number of nitrogens with two attached hydrogens (primary N) is 1. The summed E-state index contributed by atoms with van der Waals surface area (Å²) in [6.45, 7) is 0.512. The van der Waals surface area contributed by atoms with E-state index in [1.54, 1.807) is 19.2 Å². The Hall–Kier alpha value is -2.60. The molecule has 0 saturated carbocycles. The maximum atomic E-state index is 11.9. The normalized spacial score (nSPS) is 10.0. The number of nitrogens with one attached hydrogen (secondary N) is 2. The van der Waals surface area contributed by atoms with E-state index in [0.29, 0.717) is 24.3 Å². The molecule has 0 spiro atoms. The molecule has 1 heterocycles. The van der Waals surface area contributed by atoms with Gasteiger partial charge in [-0.1, -0.05) is 18.2 Å². The highest BCUT2D eigenvalue weighted by atomic mass is 16.5. The molecule has 1 aromatic carbocycles. The number of methoxy groups -OCH3 is 1. The Kier molecular flexibility index (Phi) is 5.11. The Morgan fingerprint density at radius 2 is 2.10 bits per heavy atom.